The highest BCUT2D eigenvalue weighted by atomic mass is 16.6. The largest absolute Gasteiger partial charge is 0.462 e. The molecule has 0 saturated heterocycles. The molecule has 394 valence electrons. The summed E-state index contributed by atoms with van der Waals surface area (Å²) in [5.74, 6) is -0.951. The Balaban J connectivity index is 4.31. The van der Waals surface area contributed by atoms with Gasteiger partial charge in [-0.1, -0.05) is 231 Å². The van der Waals surface area contributed by atoms with Gasteiger partial charge in [0, 0.05) is 19.3 Å². The van der Waals surface area contributed by atoms with Gasteiger partial charge in [0.2, 0.25) is 0 Å². The summed E-state index contributed by atoms with van der Waals surface area (Å²) in [6.45, 7) is 6.33. The third kappa shape index (κ3) is 54.5. The monoisotopic (exact) mass is 967 g/mol. The van der Waals surface area contributed by atoms with Crippen LogP contribution < -0.4 is 0 Å². The first kappa shape index (κ1) is 65.5. The zero-order valence-electron chi connectivity index (χ0n) is 45.0. The highest BCUT2D eigenvalue weighted by Crippen LogP contribution is 2.13. The van der Waals surface area contributed by atoms with Crippen molar-refractivity contribution in [1.82, 2.24) is 0 Å². The minimum Gasteiger partial charge on any atom is -0.462 e. The van der Waals surface area contributed by atoms with Crippen LogP contribution in [0.5, 0.6) is 0 Å². The molecule has 6 heteroatoms. The van der Waals surface area contributed by atoms with E-state index in [-0.39, 0.29) is 31.1 Å². The van der Waals surface area contributed by atoms with Crippen LogP contribution in [-0.4, -0.2) is 37.2 Å². The van der Waals surface area contributed by atoms with Crippen LogP contribution in [0.15, 0.2) is 134 Å². The van der Waals surface area contributed by atoms with Crippen LogP contribution in [0.3, 0.4) is 0 Å². The van der Waals surface area contributed by atoms with Gasteiger partial charge in [0.15, 0.2) is 6.10 Å². The molecule has 0 aromatic carbocycles. The van der Waals surface area contributed by atoms with E-state index in [1.807, 2.05) is 0 Å². The average Bonchev–Trinajstić information content (AvgIpc) is 3.36. The molecule has 0 saturated carbocycles. The Labute approximate surface area is 430 Å². The van der Waals surface area contributed by atoms with E-state index < -0.39 is 6.10 Å². The SMILES string of the molecule is CC/C=C\C/C=C\C/C=C\C/C=C\C/C=C\C/C=C\C/C=C\C/C=C\CCCCCCC(=O)OCC(COC(=O)CCCCCCCCCC)OC(=O)CCCCCCC/C=C\C/C=C\C/C=C\CC. The maximum atomic E-state index is 12.8. The maximum Gasteiger partial charge on any atom is 0.306 e. The lowest BCUT2D eigenvalue weighted by Gasteiger charge is -2.18. The number of unbranched alkanes of at least 4 members (excludes halogenated alkanes) is 16. The predicted molar refractivity (Wildman–Crippen MR) is 302 cm³/mol. The molecular weight excluding hydrogens is 865 g/mol. The molecule has 0 aromatic heterocycles. The van der Waals surface area contributed by atoms with E-state index in [2.05, 4.69) is 154 Å². The molecule has 0 N–H and O–H groups in total. The van der Waals surface area contributed by atoms with Gasteiger partial charge in [-0.05, 0) is 116 Å². The summed E-state index contributed by atoms with van der Waals surface area (Å²) in [6, 6.07) is 0. The Morgan fingerprint density at radius 2 is 0.557 bits per heavy atom. The Morgan fingerprint density at radius 3 is 0.871 bits per heavy atom. The van der Waals surface area contributed by atoms with E-state index in [9.17, 15) is 14.4 Å². The van der Waals surface area contributed by atoms with Crippen molar-refractivity contribution in [3.05, 3.63) is 134 Å². The summed E-state index contributed by atoms with van der Waals surface area (Å²) >= 11 is 0. The van der Waals surface area contributed by atoms with E-state index in [0.29, 0.717) is 19.3 Å². The van der Waals surface area contributed by atoms with Crippen molar-refractivity contribution in [3.8, 4) is 0 Å². The highest BCUT2D eigenvalue weighted by Gasteiger charge is 2.19. The molecule has 0 aliphatic heterocycles. The van der Waals surface area contributed by atoms with Crippen molar-refractivity contribution >= 4 is 17.9 Å². The third-order valence-corrected chi connectivity index (χ3v) is 11.4. The number of ether oxygens (including phenoxy) is 3. The molecule has 6 nitrogen and oxygen atoms in total. The first-order chi connectivity index (χ1) is 34.5. The lowest BCUT2D eigenvalue weighted by atomic mass is 10.1. The Morgan fingerprint density at radius 1 is 0.300 bits per heavy atom. The standard InChI is InChI=1S/C64H102O6/c1-4-7-10-13-16-19-21-23-25-26-27-28-29-30-31-32-33-34-35-36-37-38-40-41-43-45-48-51-54-57-63(66)69-60-61(59-68-62(65)56-53-50-47-18-15-12-9-6-3)70-64(67)58-55-52-49-46-44-42-39-24-22-20-17-14-11-8-5-2/h7-8,10-11,16-17,19-20,23-25,27-28,30-31,33-34,36-37,39-41,61H,4-6,9,12-15,18,21-22,26,29,32,35,38,42-60H2,1-3H3/b10-7-,11-8-,19-16-,20-17-,25-23-,28-27-,31-30-,34-33-,37-36-,39-24-,41-40-. The van der Waals surface area contributed by atoms with Crippen LogP contribution in [-0.2, 0) is 28.6 Å². The zero-order valence-corrected chi connectivity index (χ0v) is 45.0. The molecule has 0 aromatic rings. The van der Waals surface area contributed by atoms with Gasteiger partial charge < -0.3 is 14.2 Å². The number of hydrogen-bond donors (Lipinski definition) is 0. The Hall–Kier alpha value is -4.45. The minimum atomic E-state index is -0.799. The number of hydrogen-bond acceptors (Lipinski definition) is 6. The van der Waals surface area contributed by atoms with Crippen molar-refractivity contribution in [2.24, 2.45) is 0 Å². The topological polar surface area (TPSA) is 78.9 Å². The number of rotatable bonds is 49. The maximum absolute atomic E-state index is 12.8. The summed E-state index contributed by atoms with van der Waals surface area (Å²) in [7, 11) is 0. The molecule has 0 heterocycles. The van der Waals surface area contributed by atoms with Gasteiger partial charge in [-0.25, -0.2) is 0 Å². The molecule has 0 bridgehead atoms. The molecule has 1 unspecified atom stereocenters. The second-order valence-corrected chi connectivity index (χ2v) is 18.1. The van der Waals surface area contributed by atoms with Crippen molar-refractivity contribution in [2.75, 3.05) is 13.2 Å². The second-order valence-electron chi connectivity index (χ2n) is 18.1. The van der Waals surface area contributed by atoms with Gasteiger partial charge in [0.25, 0.3) is 0 Å². The normalized spacial score (nSPS) is 13.1. The van der Waals surface area contributed by atoms with E-state index in [0.717, 1.165) is 161 Å². The summed E-state index contributed by atoms with van der Waals surface area (Å²) in [4.78, 5) is 37.9. The third-order valence-electron chi connectivity index (χ3n) is 11.4. The predicted octanol–water partition coefficient (Wildman–Crippen LogP) is 19.0. The Kier molecular flexibility index (Phi) is 53.5. The summed E-state index contributed by atoms with van der Waals surface area (Å²) in [6.07, 6.45) is 80.3. The van der Waals surface area contributed by atoms with Crippen molar-refractivity contribution < 1.29 is 28.6 Å². The van der Waals surface area contributed by atoms with Crippen LogP contribution in [0.25, 0.3) is 0 Å². The zero-order chi connectivity index (χ0) is 50.7. The highest BCUT2D eigenvalue weighted by molar-refractivity contribution is 5.71. The van der Waals surface area contributed by atoms with Crippen molar-refractivity contribution in [2.45, 2.75) is 239 Å². The molecule has 0 rings (SSSR count). The smallest absolute Gasteiger partial charge is 0.306 e. The van der Waals surface area contributed by atoms with Crippen molar-refractivity contribution in [1.29, 1.82) is 0 Å². The first-order valence-corrected chi connectivity index (χ1v) is 28.2. The molecular formula is C64H102O6. The fourth-order valence-electron chi connectivity index (χ4n) is 7.24. The van der Waals surface area contributed by atoms with Crippen molar-refractivity contribution in [3.63, 3.8) is 0 Å². The number of allylic oxidation sites excluding steroid dienone is 22. The van der Waals surface area contributed by atoms with E-state index in [4.69, 9.17) is 14.2 Å². The molecule has 0 fully saturated rings. The number of carbonyl (C=O) groups excluding carboxylic acids is 3. The van der Waals surface area contributed by atoms with Gasteiger partial charge >= 0.3 is 17.9 Å². The van der Waals surface area contributed by atoms with Crippen LogP contribution in [0.4, 0.5) is 0 Å². The summed E-state index contributed by atoms with van der Waals surface area (Å²) < 4.78 is 16.7. The van der Waals surface area contributed by atoms with Gasteiger partial charge in [-0.2, -0.15) is 0 Å². The molecule has 0 spiro atoms. The molecule has 0 amide bonds. The number of esters is 3. The van der Waals surface area contributed by atoms with Crippen LogP contribution >= 0.6 is 0 Å². The lowest BCUT2D eigenvalue weighted by Crippen LogP contribution is -2.30. The molecule has 0 radical (unpaired) electrons. The van der Waals surface area contributed by atoms with E-state index in [1.54, 1.807) is 0 Å². The summed E-state index contributed by atoms with van der Waals surface area (Å²) in [5, 5.41) is 0. The van der Waals surface area contributed by atoms with Gasteiger partial charge in [0.1, 0.15) is 13.2 Å². The van der Waals surface area contributed by atoms with E-state index in [1.165, 1.54) is 32.1 Å². The molecule has 70 heavy (non-hydrogen) atoms. The van der Waals surface area contributed by atoms with Gasteiger partial charge in [-0.3, -0.25) is 14.4 Å². The second kappa shape index (κ2) is 57.1. The molecule has 1 atom stereocenters. The molecule has 0 aliphatic rings. The molecule has 0 aliphatic carbocycles. The quantitative estimate of drug-likeness (QED) is 0.0262. The van der Waals surface area contributed by atoms with Gasteiger partial charge in [-0.15, -0.1) is 0 Å². The van der Waals surface area contributed by atoms with Crippen LogP contribution in [0.1, 0.15) is 233 Å². The fourth-order valence-corrected chi connectivity index (χ4v) is 7.24. The summed E-state index contributed by atoms with van der Waals surface area (Å²) in [5.41, 5.74) is 0. The van der Waals surface area contributed by atoms with Crippen LogP contribution in [0, 0.1) is 0 Å². The van der Waals surface area contributed by atoms with Gasteiger partial charge in [0.05, 0.1) is 0 Å². The van der Waals surface area contributed by atoms with E-state index >= 15 is 0 Å². The van der Waals surface area contributed by atoms with Crippen LogP contribution in [0.2, 0.25) is 0 Å². The lowest BCUT2D eigenvalue weighted by molar-refractivity contribution is -0.167. The number of carbonyl (C=O) groups is 3. The Bertz CT molecular complexity index is 1530. The fraction of sp³-hybridized carbons (Fsp3) is 0.609. The minimum absolute atomic E-state index is 0.0964. The average molecular weight is 968 g/mol. The first-order valence-electron chi connectivity index (χ1n) is 28.2.